The summed E-state index contributed by atoms with van der Waals surface area (Å²) in [6.07, 6.45) is 2.10. The lowest BCUT2D eigenvalue weighted by atomic mass is 10.0. The molecule has 1 atom stereocenters. The number of rotatable bonds is 3. The van der Waals surface area contributed by atoms with Gasteiger partial charge in [-0.15, -0.1) is 0 Å². The van der Waals surface area contributed by atoms with E-state index >= 15 is 0 Å². The van der Waals surface area contributed by atoms with Crippen LogP contribution < -0.4 is 10.6 Å². The number of nitrogens with one attached hydrogen (secondary N) is 2. The van der Waals surface area contributed by atoms with Crippen LogP contribution >= 0.6 is 0 Å². The molecule has 0 spiro atoms. The average molecular weight is 210 g/mol. The molecule has 82 valence electrons. The summed E-state index contributed by atoms with van der Waals surface area (Å²) in [7, 11) is 0. The fourth-order valence-corrected chi connectivity index (χ4v) is 1.62. The number of aliphatic hydroxyl groups is 1. The summed E-state index contributed by atoms with van der Waals surface area (Å²) in [5.74, 6) is -0.0233. The van der Waals surface area contributed by atoms with Crippen LogP contribution in [0.25, 0.3) is 0 Å². The van der Waals surface area contributed by atoms with Crippen LogP contribution in [-0.2, 0) is 0 Å². The van der Waals surface area contributed by atoms with Gasteiger partial charge in [0.25, 0.3) is 5.91 Å². The van der Waals surface area contributed by atoms with Crippen LogP contribution in [0.3, 0.4) is 0 Å². The quantitative estimate of drug-likeness (QED) is 0.642. The minimum Gasteiger partial charge on any atom is -0.459 e. The number of hydrogen-bond donors (Lipinski definition) is 3. The number of β-amino-alcohol motifs (C(OH)–C–C–N with tert-alkyl or cyclic N) is 1. The molecule has 15 heavy (non-hydrogen) atoms. The molecule has 1 aromatic heterocycles. The molecule has 1 aromatic rings. The molecule has 5 nitrogen and oxygen atoms in total. The van der Waals surface area contributed by atoms with Crippen molar-refractivity contribution in [3.05, 3.63) is 24.2 Å². The van der Waals surface area contributed by atoms with Crippen molar-refractivity contribution in [2.24, 2.45) is 0 Å². The van der Waals surface area contributed by atoms with Crippen LogP contribution in [0.2, 0.25) is 0 Å². The predicted octanol–water partition coefficient (Wildman–Crippen LogP) is -0.266. The molecule has 1 aliphatic heterocycles. The predicted molar refractivity (Wildman–Crippen MR) is 53.5 cm³/mol. The van der Waals surface area contributed by atoms with E-state index in [2.05, 4.69) is 10.6 Å². The van der Waals surface area contributed by atoms with Crippen molar-refractivity contribution in [3.63, 3.8) is 0 Å². The van der Waals surface area contributed by atoms with E-state index in [9.17, 15) is 9.90 Å². The van der Waals surface area contributed by atoms with Crippen LogP contribution in [0.5, 0.6) is 0 Å². The van der Waals surface area contributed by atoms with Gasteiger partial charge in [-0.2, -0.15) is 0 Å². The maximum atomic E-state index is 11.5. The topological polar surface area (TPSA) is 74.5 Å². The van der Waals surface area contributed by atoms with Gasteiger partial charge in [-0.1, -0.05) is 0 Å². The Morgan fingerprint density at radius 3 is 3.20 bits per heavy atom. The molecule has 2 rings (SSSR count). The minimum atomic E-state index is -0.817. The first kappa shape index (κ1) is 10.2. The lowest BCUT2D eigenvalue weighted by molar-refractivity contribution is 0.0553. The third-order valence-electron chi connectivity index (χ3n) is 2.54. The van der Waals surface area contributed by atoms with Crippen molar-refractivity contribution in [2.75, 3.05) is 19.6 Å². The van der Waals surface area contributed by atoms with Crippen molar-refractivity contribution in [1.29, 1.82) is 0 Å². The summed E-state index contributed by atoms with van der Waals surface area (Å²) in [6.45, 7) is 1.55. The normalized spacial score (nSPS) is 25.4. The number of carbonyl (C=O) groups is 1. The molecule has 5 heteroatoms. The number of amides is 1. The highest BCUT2D eigenvalue weighted by Crippen LogP contribution is 2.12. The number of carbonyl (C=O) groups excluding carboxylic acids is 1. The van der Waals surface area contributed by atoms with Crippen LogP contribution in [0, 0.1) is 0 Å². The fraction of sp³-hybridized carbons (Fsp3) is 0.500. The summed E-state index contributed by atoms with van der Waals surface area (Å²) in [5.41, 5.74) is -0.817. The molecule has 1 fully saturated rings. The molecule has 1 aliphatic rings. The van der Waals surface area contributed by atoms with E-state index in [1.165, 1.54) is 6.26 Å². The summed E-state index contributed by atoms with van der Waals surface area (Å²) in [5, 5.41) is 15.6. The standard InChI is InChI=1S/C10H14N2O3/c13-9(8-2-1-5-15-8)12-7-10(14)3-4-11-6-10/h1-2,5,11,14H,3-4,6-7H2,(H,12,13). The largest absolute Gasteiger partial charge is 0.459 e. The summed E-state index contributed by atoms with van der Waals surface area (Å²) in [6, 6.07) is 3.24. The molecule has 1 amide bonds. The molecule has 1 saturated heterocycles. The lowest BCUT2D eigenvalue weighted by Gasteiger charge is -2.20. The van der Waals surface area contributed by atoms with Crippen LogP contribution in [-0.4, -0.2) is 36.2 Å². The Morgan fingerprint density at radius 2 is 2.60 bits per heavy atom. The van der Waals surface area contributed by atoms with Crippen LogP contribution in [0.1, 0.15) is 17.0 Å². The number of furan rings is 1. The highest BCUT2D eigenvalue weighted by Gasteiger charge is 2.31. The second-order valence-corrected chi connectivity index (χ2v) is 3.81. The molecule has 1 unspecified atom stereocenters. The maximum Gasteiger partial charge on any atom is 0.287 e. The Kier molecular flexibility index (Phi) is 2.75. The van der Waals surface area contributed by atoms with E-state index < -0.39 is 5.60 Å². The highest BCUT2D eigenvalue weighted by atomic mass is 16.3. The molecule has 0 saturated carbocycles. The minimum absolute atomic E-state index is 0.250. The summed E-state index contributed by atoms with van der Waals surface area (Å²) >= 11 is 0. The Bertz CT molecular complexity index is 328. The third-order valence-corrected chi connectivity index (χ3v) is 2.54. The lowest BCUT2D eigenvalue weighted by Crippen LogP contribution is -2.44. The van der Waals surface area contributed by atoms with Gasteiger partial charge >= 0.3 is 0 Å². The fourth-order valence-electron chi connectivity index (χ4n) is 1.62. The molecular formula is C10H14N2O3. The van der Waals surface area contributed by atoms with Gasteiger partial charge in [0.1, 0.15) is 0 Å². The molecule has 0 aliphatic carbocycles. The van der Waals surface area contributed by atoms with Gasteiger partial charge in [0.2, 0.25) is 0 Å². The average Bonchev–Trinajstić information content (AvgIpc) is 2.85. The van der Waals surface area contributed by atoms with Gasteiger partial charge in [0, 0.05) is 13.1 Å². The van der Waals surface area contributed by atoms with Crippen LogP contribution in [0.15, 0.2) is 22.8 Å². The van der Waals surface area contributed by atoms with E-state index in [1.54, 1.807) is 12.1 Å². The molecule has 3 N–H and O–H groups in total. The van der Waals surface area contributed by atoms with Gasteiger partial charge in [-0.3, -0.25) is 4.79 Å². The smallest absolute Gasteiger partial charge is 0.287 e. The zero-order valence-electron chi connectivity index (χ0n) is 8.32. The SMILES string of the molecule is O=C(NCC1(O)CCNC1)c1ccco1. The van der Waals surface area contributed by atoms with Crippen molar-refractivity contribution >= 4 is 5.91 Å². The highest BCUT2D eigenvalue weighted by molar-refractivity contribution is 5.91. The second kappa shape index (κ2) is 4.04. The molecule has 0 radical (unpaired) electrons. The molecule has 0 bridgehead atoms. The van der Waals surface area contributed by atoms with Gasteiger partial charge in [0.15, 0.2) is 5.76 Å². The summed E-state index contributed by atoms with van der Waals surface area (Å²) in [4.78, 5) is 11.5. The van der Waals surface area contributed by atoms with E-state index in [0.29, 0.717) is 13.0 Å². The first-order valence-electron chi connectivity index (χ1n) is 4.94. The van der Waals surface area contributed by atoms with Gasteiger partial charge in [0.05, 0.1) is 11.9 Å². The van der Waals surface area contributed by atoms with E-state index in [-0.39, 0.29) is 18.2 Å². The van der Waals surface area contributed by atoms with E-state index in [0.717, 1.165) is 6.54 Å². The Balaban J connectivity index is 1.85. The van der Waals surface area contributed by atoms with Crippen molar-refractivity contribution in [1.82, 2.24) is 10.6 Å². The van der Waals surface area contributed by atoms with E-state index in [1.807, 2.05) is 0 Å². The second-order valence-electron chi connectivity index (χ2n) is 3.81. The molecule has 2 heterocycles. The zero-order chi connectivity index (χ0) is 10.7. The van der Waals surface area contributed by atoms with E-state index in [4.69, 9.17) is 4.42 Å². The van der Waals surface area contributed by atoms with Crippen molar-refractivity contribution in [3.8, 4) is 0 Å². The van der Waals surface area contributed by atoms with Gasteiger partial charge < -0.3 is 20.2 Å². The van der Waals surface area contributed by atoms with Crippen LogP contribution in [0.4, 0.5) is 0 Å². The first-order valence-corrected chi connectivity index (χ1v) is 4.94. The monoisotopic (exact) mass is 210 g/mol. The summed E-state index contributed by atoms with van der Waals surface area (Å²) < 4.78 is 4.93. The maximum absolute atomic E-state index is 11.5. The molecule has 0 aromatic carbocycles. The molecular weight excluding hydrogens is 196 g/mol. The Labute approximate surface area is 87.5 Å². The van der Waals surface area contributed by atoms with Crippen molar-refractivity contribution in [2.45, 2.75) is 12.0 Å². The Hall–Kier alpha value is -1.33. The Morgan fingerprint density at radius 1 is 1.73 bits per heavy atom. The third kappa shape index (κ3) is 2.37. The number of hydrogen-bond acceptors (Lipinski definition) is 4. The van der Waals surface area contributed by atoms with Gasteiger partial charge in [-0.25, -0.2) is 0 Å². The first-order chi connectivity index (χ1) is 7.20. The zero-order valence-corrected chi connectivity index (χ0v) is 8.32. The van der Waals surface area contributed by atoms with Gasteiger partial charge in [-0.05, 0) is 25.1 Å². The van der Waals surface area contributed by atoms with Crippen molar-refractivity contribution < 1.29 is 14.3 Å².